The van der Waals surface area contributed by atoms with E-state index < -0.39 is 0 Å². The second-order valence-corrected chi connectivity index (χ2v) is 8.25. The molecule has 0 nitrogen and oxygen atoms in total. The average Bonchev–Trinajstić information content (AvgIpc) is 2.49. The van der Waals surface area contributed by atoms with Gasteiger partial charge in [0.2, 0.25) is 0 Å². The van der Waals surface area contributed by atoms with E-state index in [1.807, 2.05) is 0 Å². The van der Waals surface area contributed by atoms with E-state index in [0.717, 1.165) is 23.7 Å². The lowest BCUT2D eigenvalue weighted by Crippen LogP contribution is -2.03. The monoisotopic (exact) mass is 310 g/mol. The molecule has 0 aromatic rings. The minimum absolute atomic E-state index is 0.882. The predicted molar refractivity (Wildman–Crippen MR) is 103 cm³/mol. The molecule has 22 heavy (non-hydrogen) atoms. The van der Waals surface area contributed by atoms with E-state index in [9.17, 15) is 0 Å². The SMILES string of the molecule is CCC(CC)CCCC(C)CCCC(CC)CCCC(C)C. The van der Waals surface area contributed by atoms with Crippen molar-refractivity contribution in [1.82, 2.24) is 0 Å². The summed E-state index contributed by atoms with van der Waals surface area (Å²) in [6.45, 7) is 14.3. The zero-order valence-electron chi connectivity index (χ0n) is 16.8. The largest absolute Gasteiger partial charge is 0.0651 e. The van der Waals surface area contributed by atoms with Gasteiger partial charge in [-0.1, -0.05) is 119 Å². The molecule has 2 unspecified atom stereocenters. The maximum Gasteiger partial charge on any atom is -0.0417 e. The lowest BCUT2D eigenvalue weighted by atomic mass is 9.88. The van der Waals surface area contributed by atoms with Gasteiger partial charge in [0.15, 0.2) is 0 Å². The van der Waals surface area contributed by atoms with Gasteiger partial charge in [0.25, 0.3) is 0 Å². The topological polar surface area (TPSA) is 0 Å². The van der Waals surface area contributed by atoms with Gasteiger partial charge in [-0.15, -0.1) is 0 Å². The molecule has 134 valence electrons. The summed E-state index contributed by atoms with van der Waals surface area (Å²) in [5.41, 5.74) is 0. The number of hydrogen-bond acceptors (Lipinski definition) is 0. The second kappa shape index (κ2) is 14.6. The normalized spacial score (nSPS) is 14.7. The van der Waals surface area contributed by atoms with Gasteiger partial charge >= 0.3 is 0 Å². The molecule has 0 fully saturated rings. The van der Waals surface area contributed by atoms with Crippen LogP contribution in [0.4, 0.5) is 0 Å². The molecule has 0 aromatic carbocycles. The molecule has 0 rings (SSSR count). The highest BCUT2D eigenvalue weighted by molar-refractivity contribution is 4.63. The Morgan fingerprint density at radius 3 is 1.32 bits per heavy atom. The van der Waals surface area contributed by atoms with Crippen molar-refractivity contribution in [3.63, 3.8) is 0 Å². The van der Waals surface area contributed by atoms with Crippen LogP contribution in [0.25, 0.3) is 0 Å². The summed E-state index contributed by atoms with van der Waals surface area (Å²) in [6.07, 6.45) is 17.3. The smallest absolute Gasteiger partial charge is 0.0417 e. The summed E-state index contributed by atoms with van der Waals surface area (Å²) in [5, 5.41) is 0. The van der Waals surface area contributed by atoms with Crippen molar-refractivity contribution >= 4 is 0 Å². The first kappa shape index (κ1) is 22.0. The van der Waals surface area contributed by atoms with E-state index in [0.29, 0.717) is 0 Å². The van der Waals surface area contributed by atoms with Gasteiger partial charge in [0.1, 0.15) is 0 Å². The Labute approximate surface area is 142 Å². The average molecular weight is 311 g/mol. The van der Waals surface area contributed by atoms with Crippen LogP contribution in [0.5, 0.6) is 0 Å². The Balaban J connectivity index is 3.65. The lowest BCUT2D eigenvalue weighted by molar-refractivity contribution is 0.352. The fourth-order valence-corrected chi connectivity index (χ4v) is 3.72. The van der Waals surface area contributed by atoms with Crippen LogP contribution in [0.3, 0.4) is 0 Å². The maximum atomic E-state index is 2.48. The quantitative estimate of drug-likeness (QED) is 0.285. The summed E-state index contributed by atoms with van der Waals surface area (Å²) < 4.78 is 0. The van der Waals surface area contributed by atoms with Crippen LogP contribution in [-0.2, 0) is 0 Å². The zero-order valence-corrected chi connectivity index (χ0v) is 16.8. The van der Waals surface area contributed by atoms with Gasteiger partial charge in [0, 0.05) is 0 Å². The molecule has 0 N–H and O–H groups in total. The van der Waals surface area contributed by atoms with E-state index in [1.54, 1.807) is 0 Å². The second-order valence-electron chi connectivity index (χ2n) is 8.25. The van der Waals surface area contributed by atoms with Crippen LogP contribution < -0.4 is 0 Å². The van der Waals surface area contributed by atoms with Gasteiger partial charge < -0.3 is 0 Å². The van der Waals surface area contributed by atoms with Crippen molar-refractivity contribution in [1.29, 1.82) is 0 Å². The summed E-state index contributed by atoms with van der Waals surface area (Å²) in [6, 6.07) is 0. The third kappa shape index (κ3) is 12.5. The first-order chi connectivity index (χ1) is 10.5. The van der Waals surface area contributed by atoms with E-state index in [2.05, 4.69) is 41.5 Å². The molecule has 0 saturated carbocycles. The highest BCUT2D eigenvalue weighted by Gasteiger charge is 2.10. The van der Waals surface area contributed by atoms with Crippen LogP contribution in [0.15, 0.2) is 0 Å². The van der Waals surface area contributed by atoms with E-state index >= 15 is 0 Å². The minimum Gasteiger partial charge on any atom is -0.0651 e. The van der Waals surface area contributed by atoms with Crippen LogP contribution >= 0.6 is 0 Å². The van der Waals surface area contributed by atoms with E-state index in [-0.39, 0.29) is 0 Å². The lowest BCUT2D eigenvalue weighted by Gasteiger charge is -2.18. The Morgan fingerprint density at radius 2 is 0.909 bits per heavy atom. The fraction of sp³-hybridized carbons (Fsp3) is 1.00. The standard InChI is InChI=1S/C22H46/c1-7-21(8-2)16-11-14-20(6)15-12-18-22(9-3)17-10-13-19(4)5/h19-22H,7-18H2,1-6H3. The maximum absolute atomic E-state index is 2.48. The van der Waals surface area contributed by atoms with Gasteiger partial charge in [0.05, 0.1) is 0 Å². The molecule has 0 heteroatoms. The Kier molecular flexibility index (Phi) is 14.6. The van der Waals surface area contributed by atoms with E-state index in [1.165, 1.54) is 77.0 Å². The number of rotatable bonds is 15. The molecule has 0 amide bonds. The minimum atomic E-state index is 0.882. The molecule has 0 aliphatic rings. The van der Waals surface area contributed by atoms with Crippen molar-refractivity contribution in [3.8, 4) is 0 Å². The van der Waals surface area contributed by atoms with Gasteiger partial charge in [-0.3, -0.25) is 0 Å². The number of hydrogen-bond donors (Lipinski definition) is 0. The fourth-order valence-electron chi connectivity index (χ4n) is 3.72. The molecule has 0 saturated heterocycles. The molecular formula is C22H46. The molecule has 2 atom stereocenters. The molecule has 0 radical (unpaired) electrons. The molecule has 0 bridgehead atoms. The van der Waals surface area contributed by atoms with Gasteiger partial charge in [-0.05, 0) is 23.7 Å². The van der Waals surface area contributed by atoms with Crippen LogP contribution in [-0.4, -0.2) is 0 Å². The summed E-state index contributed by atoms with van der Waals surface area (Å²) in [4.78, 5) is 0. The Morgan fingerprint density at radius 1 is 0.500 bits per heavy atom. The van der Waals surface area contributed by atoms with Gasteiger partial charge in [-0.2, -0.15) is 0 Å². The van der Waals surface area contributed by atoms with Crippen LogP contribution in [0, 0.1) is 23.7 Å². The summed E-state index contributed by atoms with van der Waals surface area (Å²) in [7, 11) is 0. The van der Waals surface area contributed by atoms with Crippen LogP contribution in [0.1, 0.15) is 119 Å². The molecular weight excluding hydrogens is 264 g/mol. The van der Waals surface area contributed by atoms with Crippen molar-refractivity contribution in [2.75, 3.05) is 0 Å². The Hall–Kier alpha value is 0. The molecule has 0 aliphatic carbocycles. The third-order valence-electron chi connectivity index (χ3n) is 5.74. The van der Waals surface area contributed by atoms with Crippen molar-refractivity contribution < 1.29 is 0 Å². The third-order valence-corrected chi connectivity index (χ3v) is 5.74. The first-order valence-corrected chi connectivity index (χ1v) is 10.5. The highest BCUT2D eigenvalue weighted by atomic mass is 14.2. The van der Waals surface area contributed by atoms with Gasteiger partial charge in [-0.25, -0.2) is 0 Å². The Bertz CT molecular complexity index is 214. The van der Waals surface area contributed by atoms with Crippen LogP contribution in [0.2, 0.25) is 0 Å². The zero-order chi connectivity index (χ0) is 16.8. The van der Waals surface area contributed by atoms with Crippen molar-refractivity contribution in [2.24, 2.45) is 23.7 Å². The molecule has 0 aromatic heterocycles. The van der Waals surface area contributed by atoms with E-state index in [4.69, 9.17) is 0 Å². The predicted octanol–water partition coefficient (Wildman–Crippen LogP) is 8.25. The molecule has 0 spiro atoms. The molecule has 0 aliphatic heterocycles. The molecule has 0 heterocycles. The summed E-state index contributed by atoms with van der Waals surface area (Å²) in [5.74, 6) is 3.81. The van der Waals surface area contributed by atoms with Crippen molar-refractivity contribution in [3.05, 3.63) is 0 Å². The summed E-state index contributed by atoms with van der Waals surface area (Å²) >= 11 is 0. The van der Waals surface area contributed by atoms with Crippen molar-refractivity contribution in [2.45, 2.75) is 119 Å². The first-order valence-electron chi connectivity index (χ1n) is 10.5. The highest BCUT2D eigenvalue weighted by Crippen LogP contribution is 2.24.